The van der Waals surface area contributed by atoms with E-state index in [1.165, 1.54) is 0 Å². The van der Waals surface area contributed by atoms with E-state index in [-0.39, 0.29) is 18.4 Å². The van der Waals surface area contributed by atoms with E-state index >= 15 is 0 Å². The van der Waals surface area contributed by atoms with Crippen molar-refractivity contribution in [1.82, 2.24) is 10.3 Å². The number of carbonyl (C=O) groups excluding carboxylic acids is 1. The molecular weight excluding hydrogens is 508 g/mol. The number of carboxylic acid groups (broad SMARTS) is 1. The van der Waals surface area contributed by atoms with E-state index in [0.29, 0.717) is 22.1 Å². The number of furan rings is 1. The number of aromatic nitrogens is 1. The molecule has 6 rings (SSSR count). The first-order valence-corrected chi connectivity index (χ1v) is 12.9. The van der Waals surface area contributed by atoms with Gasteiger partial charge in [0.05, 0.1) is 12.0 Å². The van der Waals surface area contributed by atoms with Crippen molar-refractivity contribution >= 4 is 44.7 Å². The normalized spacial score (nSPS) is 12.2. The average molecular weight is 535 g/mol. The van der Waals surface area contributed by atoms with Crippen LogP contribution in [0.5, 0.6) is 0 Å². The van der Waals surface area contributed by atoms with Gasteiger partial charge in [-0.1, -0.05) is 48.5 Å². The van der Waals surface area contributed by atoms with Gasteiger partial charge in [-0.25, -0.2) is 9.59 Å². The minimum atomic E-state index is -1.17. The van der Waals surface area contributed by atoms with Gasteiger partial charge in [-0.3, -0.25) is 4.79 Å². The molecule has 0 aliphatic rings. The standard InChI is InChI=1S/C32H26N2O6/c1-17-22-13-24-28(39-18(2)30(24)19-8-4-3-5-9-19)15-27(22)40-32(38)23(17)14-29(35)34-26(31(36)37)12-20-16-33-25-11-7-6-10-21(20)25/h3-11,13,15-16,26,33H,12,14H2,1-2H3,(H,34,35)(H,36,37). The monoisotopic (exact) mass is 534 g/mol. The number of carboxylic acids is 1. The van der Waals surface area contributed by atoms with Gasteiger partial charge >= 0.3 is 11.6 Å². The molecule has 0 fully saturated rings. The molecule has 0 radical (unpaired) electrons. The first-order valence-electron chi connectivity index (χ1n) is 12.9. The molecular formula is C32H26N2O6. The van der Waals surface area contributed by atoms with Crippen LogP contribution in [-0.4, -0.2) is 28.0 Å². The van der Waals surface area contributed by atoms with E-state index in [2.05, 4.69) is 10.3 Å². The van der Waals surface area contributed by atoms with Crippen molar-refractivity contribution in [2.45, 2.75) is 32.7 Å². The lowest BCUT2D eigenvalue weighted by molar-refractivity contribution is -0.141. The number of carbonyl (C=O) groups is 2. The maximum atomic E-state index is 13.0. The number of H-pyrrole nitrogens is 1. The first-order chi connectivity index (χ1) is 19.3. The molecule has 8 heteroatoms. The smallest absolute Gasteiger partial charge is 0.340 e. The second-order valence-corrected chi connectivity index (χ2v) is 9.94. The lowest BCUT2D eigenvalue weighted by atomic mass is 9.98. The molecule has 0 aliphatic carbocycles. The number of nitrogens with one attached hydrogen (secondary N) is 2. The molecule has 1 atom stereocenters. The Hall–Kier alpha value is -5.11. The first kappa shape index (κ1) is 25.2. The minimum absolute atomic E-state index is 0.0937. The third-order valence-electron chi connectivity index (χ3n) is 7.40. The van der Waals surface area contributed by atoms with Gasteiger partial charge in [0.1, 0.15) is 23.0 Å². The van der Waals surface area contributed by atoms with Gasteiger partial charge in [0.2, 0.25) is 5.91 Å². The Morgan fingerprint density at radius 3 is 2.42 bits per heavy atom. The zero-order chi connectivity index (χ0) is 28.0. The average Bonchev–Trinajstić information content (AvgIpc) is 3.49. The zero-order valence-corrected chi connectivity index (χ0v) is 21.9. The van der Waals surface area contributed by atoms with Crippen LogP contribution in [0.4, 0.5) is 0 Å². The van der Waals surface area contributed by atoms with Crippen molar-refractivity contribution in [3.05, 3.63) is 106 Å². The van der Waals surface area contributed by atoms with Crippen molar-refractivity contribution in [2.75, 3.05) is 0 Å². The molecule has 0 saturated carbocycles. The Kier molecular flexibility index (Phi) is 6.23. The minimum Gasteiger partial charge on any atom is -0.480 e. The number of benzene rings is 3. The zero-order valence-electron chi connectivity index (χ0n) is 21.9. The summed E-state index contributed by atoms with van der Waals surface area (Å²) in [5.74, 6) is -0.995. The van der Waals surface area contributed by atoms with Crippen molar-refractivity contribution < 1.29 is 23.5 Å². The molecule has 40 heavy (non-hydrogen) atoms. The number of para-hydroxylation sites is 1. The van der Waals surface area contributed by atoms with Crippen molar-refractivity contribution in [3.63, 3.8) is 0 Å². The summed E-state index contributed by atoms with van der Waals surface area (Å²) in [6.07, 6.45) is 1.53. The highest BCUT2D eigenvalue weighted by Crippen LogP contribution is 2.37. The van der Waals surface area contributed by atoms with Crippen LogP contribution >= 0.6 is 0 Å². The SMILES string of the molecule is Cc1oc2cc3oc(=O)c(CC(=O)NC(Cc4c[nH]c5ccccc45)C(=O)O)c(C)c3cc2c1-c1ccccc1. The van der Waals surface area contributed by atoms with Crippen LogP contribution in [0.3, 0.4) is 0 Å². The second-order valence-electron chi connectivity index (χ2n) is 9.94. The maximum absolute atomic E-state index is 13.0. The van der Waals surface area contributed by atoms with Crippen molar-refractivity contribution in [2.24, 2.45) is 0 Å². The molecule has 0 bridgehead atoms. The topological polar surface area (TPSA) is 126 Å². The van der Waals surface area contributed by atoms with Gasteiger partial charge in [0.25, 0.3) is 0 Å². The fourth-order valence-electron chi connectivity index (χ4n) is 5.40. The Morgan fingerprint density at radius 1 is 0.925 bits per heavy atom. The molecule has 8 nitrogen and oxygen atoms in total. The number of amides is 1. The molecule has 200 valence electrons. The fraction of sp³-hybridized carbons (Fsp3) is 0.156. The number of fused-ring (bicyclic) bond motifs is 3. The number of aryl methyl sites for hydroxylation is 2. The Bertz CT molecular complexity index is 1980. The second kappa shape index (κ2) is 9.89. The molecule has 3 aromatic heterocycles. The van der Waals surface area contributed by atoms with Gasteiger partial charge in [0.15, 0.2) is 0 Å². The molecule has 3 heterocycles. The molecule has 3 aromatic carbocycles. The van der Waals surface area contributed by atoms with Gasteiger partial charge in [-0.2, -0.15) is 0 Å². The number of aromatic amines is 1. The molecule has 6 aromatic rings. The molecule has 0 aliphatic heterocycles. The summed E-state index contributed by atoms with van der Waals surface area (Å²) in [4.78, 5) is 41.1. The van der Waals surface area contributed by atoms with Crippen LogP contribution in [-0.2, 0) is 22.4 Å². The van der Waals surface area contributed by atoms with Crippen molar-refractivity contribution in [3.8, 4) is 11.1 Å². The maximum Gasteiger partial charge on any atom is 0.340 e. The summed E-state index contributed by atoms with van der Waals surface area (Å²) in [6.45, 7) is 3.66. The number of hydrogen-bond acceptors (Lipinski definition) is 5. The Balaban J connectivity index is 1.32. The van der Waals surface area contributed by atoms with Gasteiger partial charge in [-0.05, 0) is 42.7 Å². The third-order valence-corrected chi connectivity index (χ3v) is 7.40. The molecule has 3 N–H and O–H groups in total. The van der Waals surface area contributed by atoms with E-state index in [0.717, 1.165) is 38.7 Å². The number of aliphatic carboxylic acids is 1. The van der Waals surface area contributed by atoms with Crippen LogP contribution in [0.2, 0.25) is 0 Å². The van der Waals surface area contributed by atoms with Crippen LogP contribution < -0.4 is 10.9 Å². The number of hydrogen-bond donors (Lipinski definition) is 3. The Morgan fingerprint density at radius 2 is 1.65 bits per heavy atom. The van der Waals surface area contributed by atoms with Gasteiger partial charge in [-0.15, -0.1) is 0 Å². The lowest BCUT2D eigenvalue weighted by Crippen LogP contribution is -2.43. The highest BCUT2D eigenvalue weighted by Gasteiger charge is 2.24. The van der Waals surface area contributed by atoms with Gasteiger partial charge < -0.3 is 24.2 Å². The van der Waals surface area contributed by atoms with E-state index in [9.17, 15) is 19.5 Å². The summed E-state index contributed by atoms with van der Waals surface area (Å²) in [7, 11) is 0. The van der Waals surface area contributed by atoms with E-state index in [4.69, 9.17) is 8.83 Å². The lowest BCUT2D eigenvalue weighted by Gasteiger charge is -2.15. The quantitative estimate of drug-likeness (QED) is 0.227. The predicted octanol–water partition coefficient (Wildman–Crippen LogP) is 5.66. The van der Waals surface area contributed by atoms with Crippen LogP contribution in [0.15, 0.2) is 86.6 Å². The molecule has 1 unspecified atom stereocenters. The summed E-state index contributed by atoms with van der Waals surface area (Å²) >= 11 is 0. The summed E-state index contributed by atoms with van der Waals surface area (Å²) in [5, 5.41) is 14.8. The van der Waals surface area contributed by atoms with E-state index in [1.807, 2.05) is 67.6 Å². The van der Waals surface area contributed by atoms with Crippen molar-refractivity contribution in [1.29, 1.82) is 0 Å². The van der Waals surface area contributed by atoms with Crippen LogP contribution in [0.25, 0.3) is 44.0 Å². The summed E-state index contributed by atoms with van der Waals surface area (Å²) in [6, 6.07) is 19.9. The molecule has 0 saturated heterocycles. The van der Waals surface area contributed by atoms with Gasteiger partial charge in [0, 0.05) is 45.9 Å². The Labute approximate surface area is 228 Å². The molecule has 0 spiro atoms. The van der Waals surface area contributed by atoms with E-state index < -0.39 is 23.5 Å². The number of rotatable bonds is 7. The molecule has 1 amide bonds. The third kappa shape index (κ3) is 4.43. The largest absolute Gasteiger partial charge is 0.480 e. The highest BCUT2D eigenvalue weighted by molar-refractivity contribution is 6.03. The highest BCUT2D eigenvalue weighted by atomic mass is 16.4. The summed E-state index contributed by atoms with van der Waals surface area (Å²) in [5.41, 5.74) is 4.70. The van der Waals surface area contributed by atoms with Crippen LogP contribution in [0, 0.1) is 13.8 Å². The fourth-order valence-corrected chi connectivity index (χ4v) is 5.40. The van der Waals surface area contributed by atoms with E-state index in [1.54, 1.807) is 19.2 Å². The van der Waals surface area contributed by atoms with Crippen LogP contribution in [0.1, 0.15) is 22.5 Å². The summed E-state index contributed by atoms with van der Waals surface area (Å²) < 4.78 is 11.6. The predicted molar refractivity (Wildman–Crippen MR) is 152 cm³/mol.